The fraction of sp³-hybridized carbons (Fsp3) is 0.600. The molecule has 0 bridgehead atoms. The van der Waals surface area contributed by atoms with Gasteiger partial charge < -0.3 is 15.3 Å². The predicted octanol–water partition coefficient (Wildman–Crippen LogP) is 2.32. The van der Waals surface area contributed by atoms with Crippen molar-refractivity contribution in [1.29, 1.82) is 0 Å². The minimum Gasteiger partial charge on any atom is -0.395 e. The van der Waals surface area contributed by atoms with Crippen molar-refractivity contribution in [2.24, 2.45) is 0 Å². The standard InChI is InChI=1S/C15H24F2N2O/c1-3-8-19(10-11-20)9-7-14(18-2)12-5-4-6-13(16)15(12)17/h4-6,14,18,20H,3,7-11H2,1-2H3. The molecule has 0 aliphatic rings. The van der Waals surface area contributed by atoms with Crippen LogP contribution in [0.25, 0.3) is 0 Å². The van der Waals surface area contributed by atoms with Gasteiger partial charge in [-0.1, -0.05) is 19.1 Å². The molecule has 0 amide bonds. The van der Waals surface area contributed by atoms with Crippen LogP contribution in [0, 0.1) is 11.6 Å². The van der Waals surface area contributed by atoms with Crippen LogP contribution in [0.2, 0.25) is 0 Å². The largest absolute Gasteiger partial charge is 0.395 e. The summed E-state index contributed by atoms with van der Waals surface area (Å²) in [6.07, 6.45) is 1.66. The highest BCUT2D eigenvalue weighted by Crippen LogP contribution is 2.22. The lowest BCUT2D eigenvalue weighted by molar-refractivity contribution is 0.189. The molecule has 1 atom stereocenters. The zero-order chi connectivity index (χ0) is 15.0. The first-order chi connectivity index (χ1) is 9.63. The summed E-state index contributed by atoms with van der Waals surface area (Å²) >= 11 is 0. The Hall–Kier alpha value is -1.04. The van der Waals surface area contributed by atoms with Crippen LogP contribution in [0.1, 0.15) is 31.4 Å². The molecule has 0 aromatic heterocycles. The number of benzene rings is 1. The highest BCUT2D eigenvalue weighted by molar-refractivity contribution is 5.22. The maximum atomic E-state index is 13.8. The lowest BCUT2D eigenvalue weighted by atomic mass is 10.0. The van der Waals surface area contributed by atoms with E-state index in [-0.39, 0.29) is 12.6 Å². The quantitative estimate of drug-likeness (QED) is 0.731. The number of aliphatic hydroxyl groups is 1. The Kier molecular flexibility index (Phi) is 7.65. The van der Waals surface area contributed by atoms with Crippen molar-refractivity contribution < 1.29 is 13.9 Å². The fourth-order valence-electron chi connectivity index (χ4n) is 2.35. The van der Waals surface area contributed by atoms with E-state index in [4.69, 9.17) is 5.11 Å². The number of halogens is 2. The zero-order valence-electron chi connectivity index (χ0n) is 12.2. The Morgan fingerprint density at radius 3 is 2.60 bits per heavy atom. The highest BCUT2D eigenvalue weighted by Gasteiger charge is 2.17. The summed E-state index contributed by atoms with van der Waals surface area (Å²) < 4.78 is 27.1. The topological polar surface area (TPSA) is 35.5 Å². The highest BCUT2D eigenvalue weighted by atomic mass is 19.2. The molecule has 114 valence electrons. The summed E-state index contributed by atoms with van der Waals surface area (Å²) in [5, 5.41) is 12.0. The van der Waals surface area contributed by atoms with E-state index >= 15 is 0 Å². The summed E-state index contributed by atoms with van der Waals surface area (Å²) in [4.78, 5) is 2.13. The van der Waals surface area contributed by atoms with E-state index in [1.165, 1.54) is 6.07 Å². The molecule has 1 aromatic carbocycles. The monoisotopic (exact) mass is 286 g/mol. The summed E-state index contributed by atoms with van der Waals surface area (Å²) in [7, 11) is 1.74. The Labute approximate surface area is 119 Å². The molecule has 1 unspecified atom stereocenters. The van der Waals surface area contributed by atoms with Gasteiger partial charge in [-0.05, 0) is 32.5 Å². The van der Waals surface area contributed by atoms with Gasteiger partial charge in [-0.3, -0.25) is 0 Å². The maximum absolute atomic E-state index is 13.8. The fourth-order valence-corrected chi connectivity index (χ4v) is 2.35. The average Bonchev–Trinajstić information content (AvgIpc) is 2.44. The molecule has 0 radical (unpaired) electrons. The van der Waals surface area contributed by atoms with E-state index in [1.54, 1.807) is 13.1 Å². The molecule has 0 aliphatic carbocycles. The van der Waals surface area contributed by atoms with E-state index in [0.29, 0.717) is 18.5 Å². The second-order valence-electron chi connectivity index (χ2n) is 4.84. The Balaban J connectivity index is 2.69. The van der Waals surface area contributed by atoms with Crippen LogP contribution in [-0.2, 0) is 0 Å². The van der Waals surface area contributed by atoms with Crippen LogP contribution in [0.15, 0.2) is 18.2 Å². The first-order valence-electron chi connectivity index (χ1n) is 7.08. The third-order valence-electron chi connectivity index (χ3n) is 3.40. The minimum atomic E-state index is -0.816. The third-order valence-corrected chi connectivity index (χ3v) is 3.40. The molecular weight excluding hydrogens is 262 g/mol. The molecule has 2 N–H and O–H groups in total. The Bertz CT molecular complexity index is 395. The third kappa shape index (κ3) is 4.81. The van der Waals surface area contributed by atoms with E-state index in [9.17, 15) is 8.78 Å². The number of nitrogens with one attached hydrogen (secondary N) is 1. The van der Waals surface area contributed by atoms with E-state index in [1.807, 2.05) is 0 Å². The number of nitrogens with zero attached hydrogens (tertiary/aromatic N) is 1. The lowest BCUT2D eigenvalue weighted by Crippen LogP contribution is -2.31. The molecular formula is C15H24F2N2O. The van der Waals surface area contributed by atoms with Gasteiger partial charge in [-0.25, -0.2) is 8.78 Å². The SMILES string of the molecule is CCCN(CCO)CCC(NC)c1cccc(F)c1F. The van der Waals surface area contributed by atoms with Crippen molar-refractivity contribution in [2.45, 2.75) is 25.8 Å². The van der Waals surface area contributed by atoms with Crippen LogP contribution >= 0.6 is 0 Å². The molecule has 20 heavy (non-hydrogen) atoms. The molecule has 0 spiro atoms. The number of rotatable bonds is 9. The van der Waals surface area contributed by atoms with E-state index < -0.39 is 11.6 Å². The molecule has 0 heterocycles. The molecule has 1 rings (SSSR count). The average molecular weight is 286 g/mol. The van der Waals surface area contributed by atoms with Crippen LogP contribution in [-0.4, -0.2) is 43.3 Å². The van der Waals surface area contributed by atoms with Gasteiger partial charge in [0.25, 0.3) is 0 Å². The van der Waals surface area contributed by atoms with Gasteiger partial charge in [0.2, 0.25) is 0 Å². The van der Waals surface area contributed by atoms with Crippen molar-refractivity contribution in [3.8, 4) is 0 Å². The van der Waals surface area contributed by atoms with Gasteiger partial charge in [-0.15, -0.1) is 0 Å². The zero-order valence-corrected chi connectivity index (χ0v) is 12.2. The van der Waals surface area contributed by atoms with Gasteiger partial charge in [-0.2, -0.15) is 0 Å². The van der Waals surface area contributed by atoms with Gasteiger partial charge in [0, 0.05) is 24.7 Å². The second-order valence-corrected chi connectivity index (χ2v) is 4.84. The second kappa shape index (κ2) is 9.00. The number of hydrogen-bond acceptors (Lipinski definition) is 3. The van der Waals surface area contributed by atoms with E-state index in [2.05, 4.69) is 17.1 Å². The van der Waals surface area contributed by atoms with Crippen molar-refractivity contribution in [3.05, 3.63) is 35.4 Å². The molecule has 0 fully saturated rings. The van der Waals surface area contributed by atoms with Gasteiger partial charge in [0.15, 0.2) is 11.6 Å². The molecule has 0 saturated carbocycles. The molecule has 1 aromatic rings. The molecule has 5 heteroatoms. The lowest BCUT2D eigenvalue weighted by Gasteiger charge is -2.24. The van der Waals surface area contributed by atoms with Crippen molar-refractivity contribution in [1.82, 2.24) is 10.2 Å². The molecule has 0 aliphatic heterocycles. The Morgan fingerprint density at radius 2 is 2.00 bits per heavy atom. The van der Waals surface area contributed by atoms with Crippen LogP contribution < -0.4 is 5.32 Å². The van der Waals surface area contributed by atoms with Gasteiger partial charge >= 0.3 is 0 Å². The number of aliphatic hydroxyl groups excluding tert-OH is 1. The van der Waals surface area contributed by atoms with Gasteiger partial charge in [0.05, 0.1) is 6.61 Å². The maximum Gasteiger partial charge on any atom is 0.163 e. The normalized spacial score (nSPS) is 12.9. The van der Waals surface area contributed by atoms with Crippen LogP contribution in [0.4, 0.5) is 8.78 Å². The number of hydrogen-bond donors (Lipinski definition) is 2. The smallest absolute Gasteiger partial charge is 0.163 e. The minimum absolute atomic E-state index is 0.110. The summed E-state index contributed by atoms with van der Waals surface area (Å²) in [5.74, 6) is -1.60. The van der Waals surface area contributed by atoms with Gasteiger partial charge in [0.1, 0.15) is 0 Å². The first kappa shape index (κ1) is 17.0. The molecule has 3 nitrogen and oxygen atoms in total. The van der Waals surface area contributed by atoms with E-state index in [0.717, 1.165) is 25.6 Å². The Morgan fingerprint density at radius 1 is 1.25 bits per heavy atom. The molecule has 0 saturated heterocycles. The summed E-state index contributed by atoms with van der Waals surface area (Å²) in [6, 6.07) is 4.02. The summed E-state index contributed by atoms with van der Waals surface area (Å²) in [5.41, 5.74) is 0.355. The predicted molar refractivity (Wildman–Crippen MR) is 76.6 cm³/mol. The summed E-state index contributed by atoms with van der Waals surface area (Å²) in [6.45, 7) is 4.42. The van der Waals surface area contributed by atoms with Crippen molar-refractivity contribution >= 4 is 0 Å². The van der Waals surface area contributed by atoms with Crippen LogP contribution in [0.3, 0.4) is 0 Å². The van der Waals surface area contributed by atoms with Crippen molar-refractivity contribution in [2.75, 3.05) is 33.3 Å². The van der Waals surface area contributed by atoms with Crippen LogP contribution in [0.5, 0.6) is 0 Å². The van der Waals surface area contributed by atoms with Crippen molar-refractivity contribution in [3.63, 3.8) is 0 Å². The first-order valence-corrected chi connectivity index (χ1v) is 7.08.